The highest BCUT2D eigenvalue weighted by atomic mass is 79.9. The van der Waals surface area contributed by atoms with Crippen LogP contribution < -0.4 is 4.90 Å². The van der Waals surface area contributed by atoms with Crippen LogP contribution in [0.2, 0.25) is 0 Å². The first-order valence-electron chi connectivity index (χ1n) is 8.94. The van der Waals surface area contributed by atoms with E-state index in [0.717, 1.165) is 9.99 Å². The summed E-state index contributed by atoms with van der Waals surface area (Å²) in [7, 11) is 1.77. The molecule has 0 saturated carbocycles. The molecule has 0 aliphatic carbocycles. The monoisotopic (exact) mass is 447 g/mol. The van der Waals surface area contributed by atoms with E-state index >= 15 is 0 Å². The van der Waals surface area contributed by atoms with E-state index in [1.165, 1.54) is 0 Å². The van der Waals surface area contributed by atoms with Crippen LogP contribution in [0.1, 0.15) is 27.7 Å². The summed E-state index contributed by atoms with van der Waals surface area (Å²) >= 11 is 3.44. The van der Waals surface area contributed by atoms with Gasteiger partial charge < -0.3 is 14.5 Å². The molecular formula is C18H22BrN7O2. The van der Waals surface area contributed by atoms with Crippen LogP contribution in [0.15, 0.2) is 23.1 Å². The predicted molar refractivity (Wildman–Crippen MR) is 108 cm³/mol. The normalized spacial score (nSPS) is 16.3. The third-order valence-corrected chi connectivity index (χ3v) is 5.31. The molecule has 10 heteroatoms. The number of carbonyl (C=O) groups is 1. The SMILES string of the molecule is CN(C(=O)OC(C)(C)C)C1(C)CN(c2nc3ncc(Br)cc3n3cnnc23)C1. The number of pyridine rings is 1. The van der Waals surface area contributed by atoms with Gasteiger partial charge in [0.25, 0.3) is 0 Å². The Morgan fingerprint density at radius 3 is 2.75 bits per heavy atom. The number of ether oxygens (including phenoxy) is 1. The van der Waals surface area contributed by atoms with Gasteiger partial charge in [-0.2, -0.15) is 0 Å². The fraction of sp³-hybridized carbons (Fsp3) is 0.500. The number of anilines is 1. The smallest absolute Gasteiger partial charge is 0.410 e. The molecule has 3 aromatic heterocycles. The lowest BCUT2D eigenvalue weighted by Crippen LogP contribution is -2.69. The number of carbonyl (C=O) groups excluding carboxylic acids is 1. The zero-order chi connectivity index (χ0) is 20.3. The Kier molecular flexibility index (Phi) is 4.22. The van der Waals surface area contributed by atoms with E-state index in [9.17, 15) is 4.79 Å². The molecular weight excluding hydrogens is 426 g/mol. The van der Waals surface area contributed by atoms with Crippen molar-refractivity contribution < 1.29 is 9.53 Å². The van der Waals surface area contributed by atoms with Gasteiger partial charge in [-0.1, -0.05) is 0 Å². The van der Waals surface area contributed by atoms with E-state index in [1.54, 1.807) is 24.5 Å². The first-order valence-corrected chi connectivity index (χ1v) is 9.73. The number of nitrogens with zero attached hydrogens (tertiary/aromatic N) is 7. The lowest BCUT2D eigenvalue weighted by molar-refractivity contribution is 0.00252. The van der Waals surface area contributed by atoms with Crippen molar-refractivity contribution in [3.8, 4) is 0 Å². The number of hydrogen-bond acceptors (Lipinski definition) is 7. The average Bonchev–Trinajstić information content (AvgIpc) is 3.06. The lowest BCUT2D eigenvalue weighted by atomic mass is 9.90. The first-order chi connectivity index (χ1) is 13.1. The van der Waals surface area contributed by atoms with E-state index in [1.807, 2.05) is 38.2 Å². The van der Waals surface area contributed by atoms with Crippen LogP contribution in [0.5, 0.6) is 0 Å². The summed E-state index contributed by atoms with van der Waals surface area (Å²) in [5.41, 5.74) is 1.21. The highest BCUT2D eigenvalue weighted by Gasteiger charge is 2.46. The molecule has 0 spiro atoms. The van der Waals surface area contributed by atoms with Gasteiger partial charge in [-0.3, -0.25) is 4.40 Å². The van der Waals surface area contributed by atoms with Crippen molar-refractivity contribution in [1.82, 2.24) is 29.5 Å². The Morgan fingerprint density at radius 1 is 1.36 bits per heavy atom. The van der Waals surface area contributed by atoms with E-state index in [-0.39, 0.29) is 11.6 Å². The van der Waals surface area contributed by atoms with Gasteiger partial charge in [0.05, 0.1) is 11.1 Å². The number of rotatable bonds is 2. The zero-order valence-electron chi connectivity index (χ0n) is 16.5. The van der Waals surface area contributed by atoms with Crippen molar-refractivity contribution in [2.75, 3.05) is 25.0 Å². The predicted octanol–water partition coefficient (Wildman–Crippen LogP) is 2.88. The number of halogens is 1. The molecule has 3 aromatic rings. The maximum atomic E-state index is 12.4. The Morgan fingerprint density at radius 2 is 2.07 bits per heavy atom. The third-order valence-electron chi connectivity index (χ3n) is 4.87. The molecule has 1 fully saturated rings. The molecule has 0 atom stereocenters. The maximum absolute atomic E-state index is 12.4. The van der Waals surface area contributed by atoms with Crippen LogP contribution in [-0.2, 0) is 4.74 Å². The molecule has 28 heavy (non-hydrogen) atoms. The maximum Gasteiger partial charge on any atom is 0.410 e. The zero-order valence-corrected chi connectivity index (χ0v) is 18.1. The van der Waals surface area contributed by atoms with E-state index < -0.39 is 5.60 Å². The summed E-state index contributed by atoms with van der Waals surface area (Å²) in [6.07, 6.45) is 3.04. The van der Waals surface area contributed by atoms with Crippen LogP contribution in [-0.4, -0.2) is 66.8 Å². The molecule has 9 nitrogen and oxygen atoms in total. The van der Waals surface area contributed by atoms with Crippen molar-refractivity contribution in [3.05, 3.63) is 23.1 Å². The molecule has 0 bridgehead atoms. The van der Waals surface area contributed by atoms with Crippen LogP contribution >= 0.6 is 15.9 Å². The van der Waals surface area contributed by atoms with Gasteiger partial charge in [0.2, 0.25) is 5.65 Å². The van der Waals surface area contributed by atoms with Crippen LogP contribution in [0.25, 0.3) is 16.8 Å². The summed E-state index contributed by atoms with van der Waals surface area (Å²) in [4.78, 5) is 25.3. The van der Waals surface area contributed by atoms with Gasteiger partial charge in [0.15, 0.2) is 11.5 Å². The number of likely N-dealkylation sites (N-methyl/N-ethyl adjacent to an activating group) is 1. The second-order valence-electron chi connectivity index (χ2n) is 8.35. The molecule has 0 unspecified atom stereocenters. The summed E-state index contributed by atoms with van der Waals surface area (Å²) in [6, 6.07) is 1.94. The number of fused-ring (bicyclic) bond motifs is 3. The lowest BCUT2D eigenvalue weighted by Gasteiger charge is -2.52. The molecule has 4 rings (SSSR count). The quantitative estimate of drug-likeness (QED) is 0.596. The molecule has 1 aliphatic heterocycles. The molecule has 0 N–H and O–H groups in total. The van der Waals surface area contributed by atoms with Crippen molar-refractivity contribution >= 4 is 44.7 Å². The fourth-order valence-electron chi connectivity index (χ4n) is 3.30. The van der Waals surface area contributed by atoms with Crippen LogP contribution in [0, 0.1) is 0 Å². The summed E-state index contributed by atoms with van der Waals surface area (Å²) in [5, 5.41) is 8.28. The first kappa shape index (κ1) is 18.9. The molecule has 0 aromatic carbocycles. The van der Waals surface area contributed by atoms with E-state index in [2.05, 4.69) is 36.0 Å². The summed E-state index contributed by atoms with van der Waals surface area (Å²) < 4.78 is 8.24. The van der Waals surface area contributed by atoms with Gasteiger partial charge in [0, 0.05) is 30.8 Å². The van der Waals surface area contributed by atoms with E-state index in [0.29, 0.717) is 30.2 Å². The van der Waals surface area contributed by atoms with Crippen molar-refractivity contribution in [1.29, 1.82) is 0 Å². The highest BCUT2D eigenvalue weighted by Crippen LogP contribution is 2.34. The second kappa shape index (κ2) is 6.26. The number of aromatic nitrogens is 5. The largest absolute Gasteiger partial charge is 0.444 e. The second-order valence-corrected chi connectivity index (χ2v) is 9.26. The Bertz CT molecular complexity index is 1070. The number of hydrogen-bond donors (Lipinski definition) is 0. The fourth-order valence-corrected chi connectivity index (χ4v) is 3.62. The molecule has 4 heterocycles. The van der Waals surface area contributed by atoms with Crippen LogP contribution in [0.3, 0.4) is 0 Å². The minimum atomic E-state index is -0.529. The third kappa shape index (κ3) is 3.15. The minimum absolute atomic E-state index is 0.333. The molecule has 1 amide bonds. The van der Waals surface area contributed by atoms with Gasteiger partial charge in [0.1, 0.15) is 11.9 Å². The standard InChI is InChI=1S/C18H22BrN7O2/c1-17(2,3)28-16(27)24(5)18(4)8-25(9-18)14-15-23-21-10-26(15)12-6-11(19)7-20-13(12)22-14/h6-7,10H,8-9H2,1-5H3. The van der Waals surface area contributed by atoms with Crippen molar-refractivity contribution in [2.45, 2.75) is 38.8 Å². The molecule has 0 radical (unpaired) electrons. The van der Waals surface area contributed by atoms with Gasteiger partial charge >= 0.3 is 6.09 Å². The van der Waals surface area contributed by atoms with Gasteiger partial charge in [-0.15, -0.1) is 10.2 Å². The van der Waals surface area contributed by atoms with Crippen LogP contribution in [0.4, 0.5) is 10.6 Å². The van der Waals surface area contributed by atoms with Crippen molar-refractivity contribution in [3.63, 3.8) is 0 Å². The Labute approximate surface area is 170 Å². The Balaban J connectivity index is 1.62. The topological polar surface area (TPSA) is 88.8 Å². The minimum Gasteiger partial charge on any atom is -0.444 e. The summed E-state index contributed by atoms with van der Waals surface area (Å²) in [5.74, 6) is 0.704. The average molecular weight is 448 g/mol. The van der Waals surface area contributed by atoms with Gasteiger partial charge in [-0.05, 0) is 49.7 Å². The van der Waals surface area contributed by atoms with Crippen molar-refractivity contribution in [2.24, 2.45) is 0 Å². The number of amides is 1. The summed E-state index contributed by atoms with van der Waals surface area (Å²) in [6.45, 7) is 8.84. The molecule has 148 valence electrons. The highest BCUT2D eigenvalue weighted by molar-refractivity contribution is 9.10. The molecule has 1 aliphatic rings. The Hall–Kier alpha value is -2.49. The van der Waals surface area contributed by atoms with E-state index in [4.69, 9.17) is 9.72 Å². The van der Waals surface area contributed by atoms with Gasteiger partial charge in [-0.25, -0.2) is 14.8 Å². The molecule has 1 saturated heterocycles.